The monoisotopic (exact) mass is 398 g/mol. The van der Waals surface area contributed by atoms with E-state index in [0.29, 0.717) is 24.7 Å². The molecule has 2 aromatic carbocycles. The van der Waals surface area contributed by atoms with Gasteiger partial charge >= 0.3 is 0 Å². The maximum absolute atomic E-state index is 13.4. The van der Waals surface area contributed by atoms with Crippen LogP contribution in [0.1, 0.15) is 18.9 Å². The second kappa shape index (κ2) is 9.65. The van der Waals surface area contributed by atoms with Crippen molar-refractivity contribution in [2.45, 2.75) is 25.8 Å². The number of aryl methyl sites for hydroxylation is 1. The third kappa shape index (κ3) is 4.65. The van der Waals surface area contributed by atoms with Crippen molar-refractivity contribution in [2.75, 3.05) is 50.8 Å². The molecule has 0 unspecified atom stereocenters. The first-order valence-electron chi connectivity index (χ1n) is 9.95. The van der Waals surface area contributed by atoms with Gasteiger partial charge in [0, 0.05) is 37.1 Å². The number of rotatable bonds is 8. The van der Waals surface area contributed by atoms with Gasteiger partial charge in [0.25, 0.3) is 0 Å². The Balaban J connectivity index is 1.86. The number of nitrogens with zero attached hydrogens (tertiary/aromatic N) is 2. The van der Waals surface area contributed by atoms with Crippen LogP contribution in [-0.2, 0) is 16.0 Å². The fourth-order valence-electron chi connectivity index (χ4n) is 3.83. The van der Waals surface area contributed by atoms with E-state index in [1.54, 1.807) is 21.3 Å². The highest BCUT2D eigenvalue weighted by Gasteiger charge is 2.29. The summed E-state index contributed by atoms with van der Waals surface area (Å²) in [6.07, 6.45) is 1.97. The molecule has 0 saturated heterocycles. The van der Waals surface area contributed by atoms with Crippen LogP contribution in [0.2, 0.25) is 0 Å². The van der Waals surface area contributed by atoms with Gasteiger partial charge in [-0.25, -0.2) is 0 Å². The Morgan fingerprint density at radius 2 is 1.86 bits per heavy atom. The van der Waals surface area contributed by atoms with Crippen LogP contribution >= 0.6 is 0 Å². The van der Waals surface area contributed by atoms with Crippen LogP contribution in [0.25, 0.3) is 0 Å². The van der Waals surface area contributed by atoms with Crippen LogP contribution in [0.5, 0.6) is 11.5 Å². The summed E-state index contributed by atoms with van der Waals surface area (Å²) in [4.78, 5) is 17.4. The number of para-hydroxylation sites is 1. The van der Waals surface area contributed by atoms with Crippen LogP contribution in [0.15, 0.2) is 42.5 Å². The molecular weight excluding hydrogens is 368 g/mol. The van der Waals surface area contributed by atoms with E-state index in [1.165, 1.54) is 5.56 Å². The van der Waals surface area contributed by atoms with Gasteiger partial charge in [-0.3, -0.25) is 4.79 Å². The van der Waals surface area contributed by atoms with E-state index in [9.17, 15) is 4.79 Å². The van der Waals surface area contributed by atoms with Gasteiger partial charge in [0.15, 0.2) is 11.5 Å². The molecule has 0 bridgehead atoms. The molecule has 1 aliphatic heterocycles. The van der Waals surface area contributed by atoms with Gasteiger partial charge in [-0.2, -0.15) is 0 Å². The summed E-state index contributed by atoms with van der Waals surface area (Å²) in [5.74, 6) is 1.37. The summed E-state index contributed by atoms with van der Waals surface area (Å²) < 4.78 is 16.1. The standard InChI is InChI=1S/C23H30N2O4/c1-17-9-10-18-7-5-6-8-20(18)25(17)23(26)16-24(13-14-27-2)19-11-12-21(28-3)22(15-19)29-4/h5-8,11-12,15,17H,9-10,13-14,16H2,1-4H3/t17-/m0/s1. The molecule has 1 atom stereocenters. The summed E-state index contributed by atoms with van der Waals surface area (Å²) in [6.45, 7) is 3.50. The van der Waals surface area contributed by atoms with Crippen molar-refractivity contribution in [3.63, 3.8) is 0 Å². The SMILES string of the molecule is COCCN(CC(=O)N1c2ccccc2CC[C@@H]1C)c1ccc(OC)c(OC)c1. The van der Waals surface area contributed by atoms with Gasteiger partial charge < -0.3 is 24.0 Å². The predicted molar refractivity (Wildman–Crippen MR) is 115 cm³/mol. The lowest BCUT2D eigenvalue weighted by molar-refractivity contribution is -0.117. The number of methoxy groups -OCH3 is 3. The minimum Gasteiger partial charge on any atom is -0.493 e. The molecule has 1 heterocycles. The van der Waals surface area contributed by atoms with E-state index in [1.807, 2.05) is 46.2 Å². The number of anilines is 2. The van der Waals surface area contributed by atoms with Gasteiger partial charge in [0.05, 0.1) is 27.4 Å². The van der Waals surface area contributed by atoms with Crippen molar-refractivity contribution in [2.24, 2.45) is 0 Å². The predicted octanol–water partition coefficient (Wildman–Crippen LogP) is 3.52. The fourth-order valence-corrected chi connectivity index (χ4v) is 3.83. The van der Waals surface area contributed by atoms with E-state index in [0.717, 1.165) is 24.2 Å². The number of ether oxygens (including phenoxy) is 3. The Bertz CT molecular complexity index is 839. The first-order valence-corrected chi connectivity index (χ1v) is 9.95. The van der Waals surface area contributed by atoms with E-state index >= 15 is 0 Å². The van der Waals surface area contributed by atoms with Gasteiger partial charge in [0.1, 0.15) is 0 Å². The molecular formula is C23H30N2O4. The van der Waals surface area contributed by atoms with Crippen molar-refractivity contribution < 1.29 is 19.0 Å². The second-order valence-electron chi connectivity index (χ2n) is 7.23. The maximum Gasteiger partial charge on any atom is 0.246 e. The number of benzene rings is 2. The summed E-state index contributed by atoms with van der Waals surface area (Å²) >= 11 is 0. The summed E-state index contributed by atoms with van der Waals surface area (Å²) in [5, 5.41) is 0. The van der Waals surface area contributed by atoms with E-state index in [4.69, 9.17) is 14.2 Å². The molecule has 1 amide bonds. The maximum atomic E-state index is 13.4. The van der Waals surface area contributed by atoms with E-state index < -0.39 is 0 Å². The zero-order valence-corrected chi connectivity index (χ0v) is 17.7. The van der Waals surface area contributed by atoms with E-state index in [-0.39, 0.29) is 18.5 Å². The fraction of sp³-hybridized carbons (Fsp3) is 0.435. The lowest BCUT2D eigenvalue weighted by Crippen LogP contribution is -2.47. The second-order valence-corrected chi connectivity index (χ2v) is 7.23. The average Bonchev–Trinajstić information content (AvgIpc) is 2.75. The normalized spacial score (nSPS) is 15.6. The molecule has 0 saturated carbocycles. The molecule has 156 valence electrons. The number of hydrogen-bond acceptors (Lipinski definition) is 5. The molecule has 2 aromatic rings. The molecule has 0 aliphatic carbocycles. The van der Waals surface area contributed by atoms with Crippen LogP contribution < -0.4 is 19.3 Å². The first kappa shape index (κ1) is 21.0. The number of amides is 1. The van der Waals surface area contributed by atoms with Crippen LogP contribution in [-0.4, -0.2) is 53.0 Å². The Morgan fingerprint density at radius 3 is 2.59 bits per heavy atom. The molecule has 0 aromatic heterocycles. The molecule has 0 spiro atoms. The quantitative estimate of drug-likeness (QED) is 0.681. The summed E-state index contributed by atoms with van der Waals surface area (Å²) in [6, 6.07) is 14.1. The smallest absolute Gasteiger partial charge is 0.246 e. The summed E-state index contributed by atoms with van der Waals surface area (Å²) in [5.41, 5.74) is 3.15. The average molecular weight is 399 g/mol. The molecule has 6 heteroatoms. The third-order valence-electron chi connectivity index (χ3n) is 5.42. The minimum atomic E-state index is 0.0792. The van der Waals surface area contributed by atoms with Crippen molar-refractivity contribution in [1.82, 2.24) is 0 Å². The minimum absolute atomic E-state index is 0.0792. The third-order valence-corrected chi connectivity index (χ3v) is 5.42. The van der Waals surface area contributed by atoms with Gasteiger partial charge in [-0.05, 0) is 43.5 Å². The molecule has 6 nitrogen and oxygen atoms in total. The molecule has 1 aliphatic rings. The van der Waals surface area contributed by atoms with Crippen LogP contribution in [0.4, 0.5) is 11.4 Å². The lowest BCUT2D eigenvalue weighted by atomic mass is 9.96. The Kier molecular flexibility index (Phi) is 6.99. The molecule has 0 N–H and O–H groups in total. The number of carbonyl (C=O) groups excluding carboxylic acids is 1. The molecule has 29 heavy (non-hydrogen) atoms. The van der Waals surface area contributed by atoms with Gasteiger partial charge in [0.2, 0.25) is 5.91 Å². The van der Waals surface area contributed by atoms with Crippen molar-refractivity contribution in [3.05, 3.63) is 48.0 Å². The highest BCUT2D eigenvalue weighted by Crippen LogP contribution is 2.33. The molecule has 3 rings (SSSR count). The largest absolute Gasteiger partial charge is 0.493 e. The topological polar surface area (TPSA) is 51.2 Å². The number of carbonyl (C=O) groups is 1. The van der Waals surface area contributed by atoms with E-state index in [2.05, 4.69) is 13.0 Å². The number of hydrogen-bond donors (Lipinski definition) is 0. The lowest BCUT2D eigenvalue weighted by Gasteiger charge is -2.37. The van der Waals surface area contributed by atoms with Crippen molar-refractivity contribution in [1.29, 1.82) is 0 Å². The Labute approximate surface area is 173 Å². The highest BCUT2D eigenvalue weighted by molar-refractivity contribution is 5.98. The van der Waals surface area contributed by atoms with Crippen molar-refractivity contribution >= 4 is 17.3 Å². The van der Waals surface area contributed by atoms with Crippen molar-refractivity contribution in [3.8, 4) is 11.5 Å². The summed E-state index contributed by atoms with van der Waals surface area (Å²) in [7, 11) is 4.88. The van der Waals surface area contributed by atoms with Crippen LogP contribution in [0, 0.1) is 0 Å². The zero-order valence-electron chi connectivity index (χ0n) is 17.7. The molecule has 0 radical (unpaired) electrons. The Hall–Kier alpha value is -2.73. The molecule has 0 fully saturated rings. The first-order chi connectivity index (χ1) is 14.1. The van der Waals surface area contributed by atoms with Gasteiger partial charge in [-0.1, -0.05) is 18.2 Å². The Morgan fingerprint density at radius 1 is 1.10 bits per heavy atom. The zero-order chi connectivity index (χ0) is 20.8. The van der Waals surface area contributed by atoms with Crippen LogP contribution in [0.3, 0.4) is 0 Å². The van der Waals surface area contributed by atoms with Gasteiger partial charge in [-0.15, -0.1) is 0 Å². The number of fused-ring (bicyclic) bond motifs is 1. The highest BCUT2D eigenvalue weighted by atomic mass is 16.5.